The van der Waals surface area contributed by atoms with Crippen molar-refractivity contribution in [2.75, 3.05) is 58.4 Å². The Morgan fingerprint density at radius 3 is 2.68 bits per heavy atom. The van der Waals surface area contributed by atoms with E-state index >= 15 is 0 Å². The first-order chi connectivity index (χ1) is 13.6. The molecule has 0 spiro atoms. The largest absolute Gasteiger partial charge is 0.383 e. The maximum absolute atomic E-state index is 6.29. The number of piperazine rings is 1. The highest BCUT2D eigenvalue weighted by atomic mass is 35.5. The zero-order chi connectivity index (χ0) is 19.9. The zero-order valence-corrected chi connectivity index (χ0v) is 18.0. The van der Waals surface area contributed by atoms with Gasteiger partial charge >= 0.3 is 0 Å². The molecule has 1 N–H and O–H groups in total. The molecule has 0 amide bonds. The van der Waals surface area contributed by atoms with E-state index in [1.807, 2.05) is 18.2 Å². The lowest BCUT2D eigenvalue weighted by Gasteiger charge is -2.34. The number of anilines is 1. The van der Waals surface area contributed by atoms with Gasteiger partial charge in [0.1, 0.15) is 5.82 Å². The van der Waals surface area contributed by atoms with Crippen LogP contribution in [0.5, 0.6) is 0 Å². The Labute approximate surface area is 173 Å². The fourth-order valence-electron chi connectivity index (χ4n) is 3.62. The second kappa shape index (κ2) is 10.3. The average molecular weight is 406 g/mol. The van der Waals surface area contributed by atoms with Crippen LogP contribution in [0.4, 0.5) is 5.82 Å². The van der Waals surface area contributed by atoms with Crippen LogP contribution < -0.4 is 10.2 Å². The van der Waals surface area contributed by atoms with Crippen LogP contribution >= 0.6 is 11.6 Å². The predicted molar refractivity (Wildman–Crippen MR) is 116 cm³/mol. The number of aromatic nitrogens is 2. The number of methoxy groups -OCH3 is 1. The van der Waals surface area contributed by atoms with Crippen molar-refractivity contribution < 1.29 is 4.74 Å². The van der Waals surface area contributed by atoms with Crippen LogP contribution in [0.2, 0.25) is 5.02 Å². The Kier molecular flexibility index (Phi) is 7.73. The normalized spacial score (nSPS) is 15.4. The minimum atomic E-state index is 0.704. The molecule has 1 saturated heterocycles. The molecule has 0 saturated carbocycles. The fourth-order valence-corrected chi connectivity index (χ4v) is 3.81. The molecule has 1 aromatic heterocycles. The van der Waals surface area contributed by atoms with Gasteiger partial charge in [-0.3, -0.25) is 0 Å². The van der Waals surface area contributed by atoms with Crippen LogP contribution in [0.15, 0.2) is 24.3 Å². The Morgan fingerprint density at radius 2 is 2.00 bits per heavy atom. The van der Waals surface area contributed by atoms with Crippen molar-refractivity contribution in [1.82, 2.24) is 20.0 Å². The third-order valence-corrected chi connectivity index (χ3v) is 5.40. The number of hydrogen-bond acceptors (Lipinski definition) is 5. The lowest BCUT2D eigenvalue weighted by atomic mass is 10.1. The van der Waals surface area contributed by atoms with Crippen molar-refractivity contribution in [3.63, 3.8) is 0 Å². The van der Waals surface area contributed by atoms with E-state index in [0.717, 1.165) is 62.8 Å². The SMILES string of the molecule is CCCc1nn(-c2cccc(Cl)c2)c(N2CCN(C)CC2)c1CNCCOC. The molecular weight excluding hydrogens is 374 g/mol. The summed E-state index contributed by atoms with van der Waals surface area (Å²) in [6, 6.07) is 7.97. The van der Waals surface area contributed by atoms with E-state index in [2.05, 4.69) is 39.8 Å². The summed E-state index contributed by atoms with van der Waals surface area (Å²) >= 11 is 6.29. The molecule has 6 nitrogen and oxygen atoms in total. The molecule has 0 bridgehead atoms. The molecule has 2 aromatic rings. The fraction of sp³-hybridized carbons (Fsp3) is 0.571. The summed E-state index contributed by atoms with van der Waals surface area (Å²) in [5, 5.41) is 9.29. The number of rotatable bonds is 9. The average Bonchev–Trinajstić information content (AvgIpc) is 3.04. The van der Waals surface area contributed by atoms with Crippen LogP contribution in [0.1, 0.15) is 24.6 Å². The van der Waals surface area contributed by atoms with Gasteiger partial charge in [-0.15, -0.1) is 0 Å². The van der Waals surface area contributed by atoms with Crippen molar-refractivity contribution in [3.05, 3.63) is 40.5 Å². The molecule has 154 valence electrons. The first kappa shape index (κ1) is 21.1. The monoisotopic (exact) mass is 405 g/mol. The van der Waals surface area contributed by atoms with Crippen molar-refractivity contribution >= 4 is 17.4 Å². The summed E-state index contributed by atoms with van der Waals surface area (Å²) in [6.45, 7) is 8.64. The third kappa shape index (κ3) is 5.06. The molecule has 1 aliphatic rings. The number of aryl methyl sites for hydroxylation is 1. The van der Waals surface area contributed by atoms with Crippen LogP contribution in [-0.4, -0.2) is 68.2 Å². The maximum atomic E-state index is 6.29. The number of hydrogen-bond donors (Lipinski definition) is 1. The number of nitrogens with zero attached hydrogens (tertiary/aromatic N) is 4. The Hall–Kier alpha value is -1.60. The summed E-state index contributed by atoms with van der Waals surface area (Å²) in [6.07, 6.45) is 2.04. The van der Waals surface area contributed by atoms with Gasteiger partial charge in [0.25, 0.3) is 0 Å². The lowest BCUT2D eigenvalue weighted by molar-refractivity contribution is 0.199. The minimum Gasteiger partial charge on any atom is -0.383 e. The molecule has 0 radical (unpaired) electrons. The highest BCUT2D eigenvalue weighted by Crippen LogP contribution is 2.30. The van der Waals surface area contributed by atoms with E-state index in [4.69, 9.17) is 21.4 Å². The van der Waals surface area contributed by atoms with E-state index < -0.39 is 0 Å². The van der Waals surface area contributed by atoms with Gasteiger partial charge in [0.2, 0.25) is 0 Å². The van der Waals surface area contributed by atoms with E-state index in [-0.39, 0.29) is 0 Å². The van der Waals surface area contributed by atoms with Crippen LogP contribution in [-0.2, 0) is 17.7 Å². The molecule has 3 rings (SSSR count). The Morgan fingerprint density at radius 1 is 1.21 bits per heavy atom. The molecule has 28 heavy (non-hydrogen) atoms. The second-order valence-corrected chi connectivity index (χ2v) is 7.79. The quantitative estimate of drug-likeness (QED) is 0.650. The standard InChI is InChI=1S/C21H32ClN5O/c1-4-6-20-19(16-23-9-14-28-3)21(26-12-10-25(2)11-13-26)27(24-20)18-8-5-7-17(22)15-18/h5,7-8,15,23H,4,6,9-14,16H2,1-3H3. The smallest absolute Gasteiger partial charge is 0.137 e. The molecular formula is C21H32ClN5O. The maximum Gasteiger partial charge on any atom is 0.137 e. The molecule has 7 heteroatoms. The zero-order valence-electron chi connectivity index (χ0n) is 17.2. The number of halogens is 1. The molecule has 0 aliphatic carbocycles. The van der Waals surface area contributed by atoms with Gasteiger partial charge in [-0.25, -0.2) is 4.68 Å². The van der Waals surface area contributed by atoms with Crippen LogP contribution in [0, 0.1) is 0 Å². The summed E-state index contributed by atoms with van der Waals surface area (Å²) in [7, 11) is 3.92. The lowest BCUT2D eigenvalue weighted by Crippen LogP contribution is -2.45. The van der Waals surface area contributed by atoms with Crippen LogP contribution in [0.3, 0.4) is 0 Å². The number of likely N-dealkylation sites (N-methyl/N-ethyl adjacent to an activating group) is 1. The molecule has 2 heterocycles. The van der Waals surface area contributed by atoms with Crippen LogP contribution in [0.25, 0.3) is 5.69 Å². The second-order valence-electron chi connectivity index (χ2n) is 7.35. The Bertz CT molecular complexity index is 755. The van der Waals surface area contributed by atoms with Crippen molar-refractivity contribution in [3.8, 4) is 5.69 Å². The topological polar surface area (TPSA) is 45.6 Å². The summed E-state index contributed by atoms with van der Waals surface area (Å²) in [5.74, 6) is 1.20. The van der Waals surface area contributed by atoms with Gasteiger partial charge in [-0.2, -0.15) is 5.10 Å². The summed E-state index contributed by atoms with van der Waals surface area (Å²) in [4.78, 5) is 4.85. The minimum absolute atomic E-state index is 0.704. The van der Waals surface area contributed by atoms with Crippen molar-refractivity contribution in [2.24, 2.45) is 0 Å². The van der Waals surface area contributed by atoms with Gasteiger partial charge in [0, 0.05) is 57.0 Å². The summed E-state index contributed by atoms with van der Waals surface area (Å²) in [5.41, 5.74) is 3.48. The van der Waals surface area contributed by atoms with E-state index in [9.17, 15) is 0 Å². The Balaban J connectivity index is 2.01. The molecule has 0 unspecified atom stereocenters. The number of benzene rings is 1. The molecule has 1 aromatic carbocycles. The van der Waals surface area contributed by atoms with Crippen molar-refractivity contribution in [2.45, 2.75) is 26.3 Å². The predicted octanol–water partition coefficient (Wildman–Crippen LogP) is 2.97. The van der Waals surface area contributed by atoms with Gasteiger partial charge in [-0.05, 0) is 31.7 Å². The third-order valence-electron chi connectivity index (χ3n) is 5.17. The van der Waals surface area contributed by atoms with Gasteiger partial charge in [-0.1, -0.05) is 31.0 Å². The first-order valence-electron chi connectivity index (χ1n) is 10.1. The molecule has 1 fully saturated rings. The first-order valence-corrected chi connectivity index (χ1v) is 10.5. The van der Waals surface area contributed by atoms with Gasteiger partial charge in [0.15, 0.2) is 0 Å². The highest BCUT2D eigenvalue weighted by Gasteiger charge is 2.25. The van der Waals surface area contributed by atoms with E-state index in [0.29, 0.717) is 6.61 Å². The van der Waals surface area contributed by atoms with Crippen molar-refractivity contribution in [1.29, 1.82) is 0 Å². The number of nitrogens with one attached hydrogen (secondary N) is 1. The molecule has 1 aliphatic heterocycles. The summed E-state index contributed by atoms with van der Waals surface area (Å²) < 4.78 is 7.28. The van der Waals surface area contributed by atoms with Gasteiger partial charge < -0.3 is 19.9 Å². The highest BCUT2D eigenvalue weighted by molar-refractivity contribution is 6.30. The molecule has 0 atom stereocenters. The van der Waals surface area contributed by atoms with E-state index in [1.165, 1.54) is 17.1 Å². The van der Waals surface area contributed by atoms with Gasteiger partial charge in [0.05, 0.1) is 18.0 Å². The number of ether oxygens (including phenoxy) is 1. The van der Waals surface area contributed by atoms with E-state index in [1.54, 1.807) is 7.11 Å².